The van der Waals surface area contributed by atoms with Gasteiger partial charge in [0, 0.05) is 24.6 Å². The molecule has 1 saturated heterocycles. The molecule has 0 bridgehead atoms. The summed E-state index contributed by atoms with van der Waals surface area (Å²) in [6.07, 6.45) is 0. The van der Waals surface area contributed by atoms with E-state index in [1.54, 1.807) is 30.0 Å². The van der Waals surface area contributed by atoms with Gasteiger partial charge >= 0.3 is 12.0 Å². The number of anilines is 1. The van der Waals surface area contributed by atoms with Gasteiger partial charge in [-0.1, -0.05) is 12.1 Å². The molecule has 1 aliphatic rings. The van der Waals surface area contributed by atoms with Gasteiger partial charge < -0.3 is 15.3 Å². The number of carboxylic acids is 1. The second kappa shape index (κ2) is 5.97. The Kier molecular flexibility index (Phi) is 4.31. The normalized spacial score (nSPS) is 15.1. The van der Waals surface area contributed by atoms with E-state index in [4.69, 9.17) is 0 Å². The molecule has 1 heterocycles. The van der Waals surface area contributed by atoms with Crippen molar-refractivity contribution in [2.45, 2.75) is 6.92 Å². The lowest BCUT2D eigenvalue weighted by Crippen LogP contribution is -2.40. The second-order valence-electron chi connectivity index (χ2n) is 4.33. The number of nitrogens with zero attached hydrogens (tertiary/aromatic N) is 1. The number of thioether (sulfide) groups is 1. The Morgan fingerprint density at radius 3 is 2.63 bits per heavy atom. The third kappa shape index (κ3) is 3.20. The van der Waals surface area contributed by atoms with Crippen molar-refractivity contribution in [1.82, 2.24) is 4.90 Å². The number of aromatic carboxylic acids is 1. The molecule has 102 valence electrons. The lowest BCUT2D eigenvalue weighted by molar-refractivity contribution is 0.0697. The van der Waals surface area contributed by atoms with Crippen LogP contribution in [0, 0.1) is 6.92 Å². The highest BCUT2D eigenvalue weighted by Crippen LogP contribution is 2.20. The number of nitrogens with one attached hydrogen (secondary N) is 1. The highest BCUT2D eigenvalue weighted by molar-refractivity contribution is 7.99. The molecule has 1 aromatic carbocycles. The van der Waals surface area contributed by atoms with Crippen molar-refractivity contribution in [2.24, 2.45) is 0 Å². The first-order valence-electron chi connectivity index (χ1n) is 6.06. The Labute approximate surface area is 116 Å². The number of carboxylic acid groups (broad SMARTS) is 1. The molecule has 0 atom stereocenters. The fraction of sp³-hybridized carbons (Fsp3) is 0.385. The summed E-state index contributed by atoms with van der Waals surface area (Å²) in [5, 5.41) is 11.9. The molecule has 1 fully saturated rings. The number of carbonyl (C=O) groups is 2. The number of rotatable bonds is 2. The zero-order valence-corrected chi connectivity index (χ0v) is 11.5. The quantitative estimate of drug-likeness (QED) is 0.872. The van der Waals surface area contributed by atoms with E-state index in [9.17, 15) is 14.7 Å². The fourth-order valence-electron chi connectivity index (χ4n) is 2.02. The molecule has 2 rings (SSSR count). The molecule has 6 heteroatoms. The number of hydrogen-bond acceptors (Lipinski definition) is 3. The van der Waals surface area contributed by atoms with E-state index in [1.165, 1.54) is 0 Å². The lowest BCUT2D eigenvalue weighted by Gasteiger charge is -2.26. The van der Waals surface area contributed by atoms with E-state index >= 15 is 0 Å². The van der Waals surface area contributed by atoms with Gasteiger partial charge in [-0.2, -0.15) is 11.8 Å². The molecule has 2 N–H and O–H groups in total. The maximum absolute atomic E-state index is 12.1. The summed E-state index contributed by atoms with van der Waals surface area (Å²) in [5.41, 5.74) is 1.15. The minimum Gasteiger partial charge on any atom is -0.478 e. The number of carbonyl (C=O) groups excluding carboxylic acids is 1. The molecular weight excluding hydrogens is 264 g/mol. The minimum absolute atomic E-state index is 0.155. The number of amides is 2. The van der Waals surface area contributed by atoms with Crippen LogP contribution in [0.25, 0.3) is 0 Å². The minimum atomic E-state index is -1.03. The zero-order chi connectivity index (χ0) is 13.8. The highest BCUT2D eigenvalue weighted by Gasteiger charge is 2.20. The van der Waals surface area contributed by atoms with Crippen LogP contribution < -0.4 is 5.32 Å². The smallest absolute Gasteiger partial charge is 0.338 e. The van der Waals surface area contributed by atoms with Gasteiger partial charge in [-0.3, -0.25) is 0 Å². The van der Waals surface area contributed by atoms with Crippen LogP contribution in [0.5, 0.6) is 0 Å². The number of benzene rings is 1. The Morgan fingerprint density at radius 1 is 1.32 bits per heavy atom. The largest absolute Gasteiger partial charge is 0.478 e. The Hall–Kier alpha value is -1.69. The van der Waals surface area contributed by atoms with Crippen LogP contribution in [-0.2, 0) is 0 Å². The second-order valence-corrected chi connectivity index (χ2v) is 5.56. The van der Waals surface area contributed by atoms with Crippen LogP contribution in [0.2, 0.25) is 0 Å². The predicted octanol–water partition coefficient (Wildman–Crippen LogP) is 2.27. The Balaban J connectivity index is 2.16. The first kappa shape index (κ1) is 13.7. The maximum atomic E-state index is 12.1. The molecule has 1 aromatic rings. The molecule has 19 heavy (non-hydrogen) atoms. The van der Waals surface area contributed by atoms with Crippen molar-refractivity contribution < 1.29 is 14.7 Å². The standard InChI is InChI=1S/C13H16N2O3S/c1-9-3-2-4-10(11(9)12(16)17)14-13(18)15-5-7-19-8-6-15/h2-4H,5-8H2,1H3,(H,14,18)(H,16,17). The SMILES string of the molecule is Cc1cccc(NC(=O)N2CCSCC2)c1C(=O)O. The van der Waals surface area contributed by atoms with Crippen LogP contribution in [0.15, 0.2) is 18.2 Å². The summed E-state index contributed by atoms with van der Waals surface area (Å²) < 4.78 is 0. The summed E-state index contributed by atoms with van der Waals surface area (Å²) >= 11 is 1.82. The van der Waals surface area contributed by atoms with Gasteiger partial charge in [-0.05, 0) is 18.6 Å². The third-order valence-corrected chi connectivity index (χ3v) is 3.97. The Bertz CT molecular complexity index is 499. The van der Waals surface area contributed by atoms with E-state index in [0.717, 1.165) is 11.5 Å². The van der Waals surface area contributed by atoms with E-state index < -0.39 is 5.97 Å². The van der Waals surface area contributed by atoms with Crippen molar-refractivity contribution in [3.05, 3.63) is 29.3 Å². The van der Waals surface area contributed by atoms with Crippen molar-refractivity contribution >= 4 is 29.4 Å². The van der Waals surface area contributed by atoms with Gasteiger partial charge in [0.05, 0.1) is 11.3 Å². The van der Waals surface area contributed by atoms with E-state index in [1.807, 2.05) is 11.8 Å². The number of hydrogen-bond donors (Lipinski definition) is 2. The molecule has 1 aliphatic heterocycles. The molecule has 0 unspecified atom stereocenters. The van der Waals surface area contributed by atoms with Gasteiger partial charge in [0.25, 0.3) is 0 Å². The van der Waals surface area contributed by atoms with Crippen molar-refractivity contribution in [2.75, 3.05) is 29.9 Å². The van der Waals surface area contributed by atoms with E-state index in [2.05, 4.69) is 5.32 Å². The number of aryl methyl sites for hydroxylation is 1. The van der Waals surface area contributed by atoms with Crippen LogP contribution in [0.3, 0.4) is 0 Å². The van der Waals surface area contributed by atoms with E-state index in [-0.39, 0.29) is 11.6 Å². The molecule has 0 spiro atoms. The van der Waals surface area contributed by atoms with Gasteiger partial charge in [0.1, 0.15) is 0 Å². The molecule has 0 saturated carbocycles. The van der Waals surface area contributed by atoms with Crippen molar-refractivity contribution in [3.63, 3.8) is 0 Å². The van der Waals surface area contributed by atoms with Gasteiger partial charge in [0.15, 0.2) is 0 Å². The summed E-state index contributed by atoms with van der Waals surface area (Å²) in [7, 11) is 0. The summed E-state index contributed by atoms with van der Waals surface area (Å²) in [4.78, 5) is 25.0. The first-order chi connectivity index (χ1) is 9.09. The van der Waals surface area contributed by atoms with Gasteiger partial charge in [-0.25, -0.2) is 9.59 Å². The molecule has 0 aliphatic carbocycles. The highest BCUT2D eigenvalue weighted by atomic mass is 32.2. The van der Waals surface area contributed by atoms with Gasteiger partial charge in [0.2, 0.25) is 0 Å². The lowest BCUT2D eigenvalue weighted by atomic mass is 10.1. The van der Waals surface area contributed by atoms with Crippen molar-refractivity contribution in [1.29, 1.82) is 0 Å². The van der Waals surface area contributed by atoms with Crippen LogP contribution in [0.1, 0.15) is 15.9 Å². The maximum Gasteiger partial charge on any atom is 0.338 e. The monoisotopic (exact) mass is 280 g/mol. The first-order valence-corrected chi connectivity index (χ1v) is 7.21. The zero-order valence-electron chi connectivity index (χ0n) is 10.7. The predicted molar refractivity (Wildman–Crippen MR) is 76.1 cm³/mol. The third-order valence-electron chi connectivity index (χ3n) is 3.03. The van der Waals surface area contributed by atoms with Gasteiger partial charge in [-0.15, -0.1) is 0 Å². The fourth-order valence-corrected chi connectivity index (χ4v) is 2.92. The van der Waals surface area contributed by atoms with E-state index in [0.29, 0.717) is 24.3 Å². The topological polar surface area (TPSA) is 69.6 Å². The van der Waals surface area contributed by atoms with Crippen molar-refractivity contribution in [3.8, 4) is 0 Å². The summed E-state index contributed by atoms with van der Waals surface area (Å²) in [6, 6.07) is 4.85. The molecular formula is C13H16N2O3S. The van der Waals surface area contributed by atoms with Crippen LogP contribution in [0.4, 0.5) is 10.5 Å². The molecule has 0 aromatic heterocycles. The summed E-state index contributed by atoms with van der Waals surface area (Å²) in [5.74, 6) is 0.822. The number of urea groups is 1. The average molecular weight is 280 g/mol. The molecule has 2 amide bonds. The molecule has 0 radical (unpaired) electrons. The molecule has 5 nitrogen and oxygen atoms in total. The summed E-state index contributed by atoms with van der Waals surface area (Å²) in [6.45, 7) is 3.12. The Morgan fingerprint density at radius 2 is 2.00 bits per heavy atom. The van der Waals surface area contributed by atoms with Crippen LogP contribution in [-0.4, -0.2) is 46.6 Å². The van der Waals surface area contributed by atoms with Crippen LogP contribution >= 0.6 is 11.8 Å². The average Bonchev–Trinajstić information content (AvgIpc) is 2.39.